The molecule has 0 saturated carbocycles. The van der Waals surface area contributed by atoms with E-state index in [1.807, 2.05) is 30.3 Å². The fourth-order valence-electron chi connectivity index (χ4n) is 1.96. The maximum Gasteiger partial charge on any atom is 0.0790 e. The highest BCUT2D eigenvalue weighted by molar-refractivity contribution is 5.16. The van der Waals surface area contributed by atoms with Gasteiger partial charge in [0.2, 0.25) is 0 Å². The molecule has 90 valence electrons. The van der Waals surface area contributed by atoms with Gasteiger partial charge in [0.25, 0.3) is 0 Å². The van der Waals surface area contributed by atoms with Crippen LogP contribution < -0.4 is 0 Å². The van der Waals surface area contributed by atoms with Crippen LogP contribution in [0.4, 0.5) is 0 Å². The SMILES string of the molecule is CCCCCCCCC(O)c1ccccc1. The Hall–Kier alpha value is -0.820. The monoisotopic (exact) mass is 220 g/mol. The van der Waals surface area contributed by atoms with Crippen molar-refractivity contribution in [2.45, 2.75) is 58.0 Å². The van der Waals surface area contributed by atoms with E-state index >= 15 is 0 Å². The summed E-state index contributed by atoms with van der Waals surface area (Å²) in [7, 11) is 0. The Morgan fingerprint density at radius 3 is 2.25 bits per heavy atom. The summed E-state index contributed by atoms with van der Waals surface area (Å²) < 4.78 is 0. The van der Waals surface area contributed by atoms with Gasteiger partial charge >= 0.3 is 0 Å². The van der Waals surface area contributed by atoms with Crippen LogP contribution in [-0.4, -0.2) is 5.11 Å². The molecule has 1 aromatic carbocycles. The molecule has 16 heavy (non-hydrogen) atoms. The third-order valence-electron chi connectivity index (χ3n) is 3.02. The van der Waals surface area contributed by atoms with Gasteiger partial charge in [0.05, 0.1) is 6.10 Å². The molecule has 0 bridgehead atoms. The summed E-state index contributed by atoms with van der Waals surface area (Å²) >= 11 is 0. The summed E-state index contributed by atoms with van der Waals surface area (Å²) in [6, 6.07) is 9.96. The lowest BCUT2D eigenvalue weighted by molar-refractivity contribution is 0.163. The molecule has 0 aliphatic carbocycles. The summed E-state index contributed by atoms with van der Waals surface area (Å²) in [5.41, 5.74) is 1.05. The molecule has 0 heterocycles. The number of aliphatic hydroxyl groups excluding tert-OH is 1. The predicted octanol–water partition coefficient (Wildman–Crippen LogP) is 4.47. The molecule has 0 fully saturated rings. The van der Waals surface area contributed by atoms with Crippen LogP contribution in [0.25, 0.3) is 0 Å². The molecular weight excluding hydrogens is 196 g/mol. The van der Waals surface area contributed by atoms with E-state index in [1.54, 1.807) is 0 Å². The highest BCUT2D eigenvalue weighted by atomic mass is 16.3. The molecular formula is C15H24O. The Morgan fingerprint density at radius 1 is 0.938 bits per heavy atom. The average Bonchev–Trinajstić information content (AvgIpc) is 2.34. The minimum Gasteiger partial charge on any atom is -0.388 e. The zero-order valence-electron chi connectivity index (χ0n) is 10.4. The normalized spacial score (nSPS) is 12.6. The minimum absolute atomic E-state index is 0.271. The fraction of sp³-hybridized carbons (Fsp3) is 0.600. The topological polar surface area (TPSA) is 20.2 Å². The molecule has 1 heteroatoms. The van der Waals surface area contributed by atoms with Crippen LogP contribution in [0.2, 0.25) is 0 Å². The first-order chi connectivity index (χ1) is 7.84. The smallest absolute Gasteiger partial charge is 0.0790 e. The molecule has 1 atom stereocenters. The van der Waals surface area contributed by atoms with Gasteiger partial charge in [0.15, 0.2) is 0 Å². The number of aliphatic hydroxyl groups is 1. The standard InChI is InChI=1S/C15H24O/c1-2-3-4-5-6-10-13-15(16)14-11-8-7-9-12-14/h7-9,11-12,15-16H,2-6,10,13H2,1H3. The molecule has 0 spiro atoms. The van der Waals surface area contributed by atoms with Crippen LogP contribution >= 0.6 is 0 Å². The van der Waals surface area contributed by atoms with Gasteiger partial charge in [0, 0.05) is 0 Å². The number of hydrogen-bond acceptors (Lipinski definition) is 1. The molecule has 0 amide bonds. The maximum atomic E-state index is 9.92. The summed E-state index contributed by atoms with van der Waals surface area (Å²) in [5.74, 6) is 0. The van der Waals surface area contributed by atoms with E-state index in [-0.39, 0.29) is 6.10 Å². The lowest BCUT2D eigenvalue weighted by Crippen LogP contribution is -1.96. The molecule has 1 rings (SSSR count). The second kappa shape index (κ2) is 8.35. The van der Waals surface area contributed by atoms with Gasteiger partial charge in [-0.15, -0.1) is 0 Å². The van der Waals surface area contributed by atoms with Crippen LogP contribution in [0, 0.1) is 0 Å². The third-order valence-corrected chi connectivity index (χ3v) is 3.02. The van der Waals surface area contributed by atoms with E-state index in [0.29, 0.717) is 0 Å². The Labute approximate surface area is 99.5 Å². The molecule has 1 N–H and O–H groups in total. The Kier molecular flexibility index (Phi) is 6.91. The summed E-state index contributed by atoms with van der Waals surface area (Å²) in [4.78, 5) is 0. The van der Waals surface area contributed by atoms with Gasteiger partial charge in [-0.3, -0.25) is 0 Å². The second-order valence-electron chi connectivity index (χ2n) is 4.48. The maximum absolute atomic E-state index is 9.92. The number of unbranched alkanes of at least 4 members (excludes halogenated alkanes) is 5. The molecule has 0 saturated heterocycles. The van der Waals surface area contributed by atoms with E-state index < -0.39 is 0 Å². The minimum atomic E-state index is -0.271. The van der Waals surface area contributed by atoms with E-state index in [0.717, 1.165) is 18.4 Å². The zero-order valence-corrected chi connectivity index (χ0v) is 10.4. The van der Waals surface area contributed by atoms with E-state index in [1.165, 1.54) is 32.1 Å². The quantitative estimate of drug-likeness (QED) is 0.641. The molecule has 0 aromatic heterocycles. The van der Waals surface area contributed by atoms with Crippen LogP contribution in [0.5, 0.6) is 0 Å². The van der Waals surface area contributed by atoms with Crippen molar-refractivity contribution < 1.29 is 5.11 Å². The lowest BCUT2D eigenvalue weighted by atomic mass is 10.0. The summed E-state index contributed by atoms with van der Waals surface area (Å²) in [6.07, 6.45) is 8.33. The predicted molar refractivity (Wildman–Crippen MR) is 69.4 cm³/mol. The fourth-order valence-corrected chi connectivity index (χ4v) is 1.96. The van der Waals surface area contributed by atoms with Crippen molar-refractivity contribution >= 4 is 0 Å². The summed E-state index contributed by atoms with van der Waals surface area (Å²) in [5, 5.41) is 9.92. The van der Waals surface area contributed by atoms with Crippen molar-refractivity contribution in [3.63, 3.8) is 0 Å². The lowest BCUT2D eigenvalue weighted by Gasteiger charge is -2.10. The van der Waals surface area contributed by atoms with Crippen molar-refractivity contribution in [2.75, 3.05) is 0 Å². The molecule has 1 aromatic rings. The molecule has 1 nitrogen and oxygen atoms in total. The van der Waals surface area contributed by atoms with Gasteiger partial charge < -0.3 is 5.11 Å². The molecule has 0 radical (unpaired) electrons. The second-order valence-corrected chi connectivity index (χ2v) is 4.48. The van der Waals surface area contributed by atoms with E-state index in [4.69, 9.17) is 0 Å². The third kappa shape index (κ3) is 5.32. The zero-order chi connectivity index (χ0) is 11.6. The molecule has 0 aliphatic heterocycles. The Bertz CT molecular complexity index is 255. The van der Waals surface area contributed by atoms with Gasteiger partial charge in [-0.2, -0.15) is 0 Å². The Balaban J connectivity index is 2.09. The first-order valence-electron chi connectivity index (χ1n) is 6.57. The summed E-state index contributed by atoms with van der Waals surface area (Å²) in [6.45, 7) is 2.24. The van der Waals surface area contributed by atoms with Crippen molar-refractivity contribution in [1.82, 2.24) is 0 Å². The number of benzene rings is 1. The van der Waals surface area contributed by atoms with Gasteiger partial charge in [0.1, 0.15) is 0 Å². The first-order valence-corrected chi connectivity index (χ1v) is 6.57. The van der Waals surface area contributed by atoms with Crippen LogP contribution in [0.15, 0.2) is 30.3 Å². The highest BCUT2D eigenvalue weighted by Gasteiger charge is 2.05. The van der Waals surface area contributed by atoms with Crippen LogP contribution in [0.3, 0.4) is 0 Å². The Morgan fingerprint density at radius 2 is 1.56 bits per heavy atom. The van der Waals surface area contributed by atoms with E-state index in [2.05, 4.69) is 6.92 Å². The number of rotatable bonds is 8. The average molecular weight is 220 g/mol. The van der Waals surface area contributed by atoms with Crippen LogP contribution in [0.1, 0.15) is 63.5 Å². The first kappa shape index (κ1) is 13.2. The van der Waals surface area contributed by atoms with Crippen molar-refractivity contribution in [3.05, 3.63) is 35.9 Å². The van der Waals surface area contributed by atoms with Crippen molar-refractivity contribution in [3.8, 4) is 0 Å². The number of hydrogen-bond donors (Lipinski definition) is 1. The molecule has 0 aliphatic rings. The van der Waals surface area contributed by atoms with Crippen molar-refractivity contribution in [2.24, 2.45) is 0 Å². The largest absolute Gasteiger partial charge is 0.388 e. The van der Waals surface area contributed by atoms with Gasteiger partial charge in [-0.05, 0) is 12.0 Å². The van der Waals surface area contributed by atoms with Gasteiger partial charge in [-0.25, -0.2) is 0 Å². The van der Waals surface area contributed by atoms with Gasteiger partial charge in [-0.1, -0.05) is 75.8 Å². The van der Waals surface area contributed by atoms with E-state index in [9.17, 15) is 5.11 Å². The van der Waals surface area contributed by atoms with Crippen molar-refractivity contribution in [1.29, 1.82) is 0 Å². The highest BCUT2D eigenvalue weighted by Crippen LogP contribution is 2.19. The molecule has 1 unspecified atom stereocenters. The van der Waals surface area contributed by atoms with Crippen LogP contribution in [-0.2, 0) is 0 Å².